The van der Waals surface area contributed by atoms with Gasteiger partial charge < -0.3 is 5.32 Å². The number of hydrogen-bond donors (Lipinski definition) is 1. The van der Waals surface area contributed by atoms with E-state index in [0.29, 0.717) is 10.0 Å². The number of benzene rings is 1. The quantitative estimate of drug-likeness (QED) is 0.916. The molecule has 0 atom stereocenters. The molecule has 1 aromatic carbocycles. The highest BCUT2D eigenvalue weighted by Gasteiger charge is 2.01. The lowest BCUT2D eigenvalue weighted by atomic mass is 10.2. The van der Waals surface area contributed by atoms with Crippen LogP contribution in [0.25, 0.3) is 0 Å². The third-order valence-electron chi connectivity index (χ3n) is 2.72. The van der Waals surface area contributed by atoms with Crippen molar-refractivity contribution in [2.24, 2.45) is 0 Å². The van der Waals surface area contributed by atoms with Gasteiger partial charge in [0.25, 0.3) is 0 Å². The second kappa shape index (κ2) is 6.19. The molecule has 0 saturated carbocycles. The molecule has 0 aliphatic carbocycles. The summed E-state index contributed by atoms with van der Waals surface area (Å²) in [5.41, 5.74) is 3.37. The highest BCUT2D eigenvalue weighted by molar-refractivity contribution is 6.42. The fourth-order valence-corrected chi connectivity index (χ4v) is 2.00. The Labute approximate surface area is 117 Å². The summed E-state index contributed by atoms with van der Waals surface area (Å²) >= 11 is 11.8. The molecule has 1 heterocycles. The number of aromatic nitrogens is 1. The van der Waals surface area contributed by atoms with Crippen LogP contribution in [-0.4, -0.2) is 4.98 Å². The Balaban J connectivity index is 1.92. The summed E-state index contributed by atoms with van der Waals surface area (Å²) in [6.07, 6.45) is 1.81. The van der Waals surface area contributed by atoms with Gasteiger partial charge in [0, 0.05) is 19.3 Å². The van der Waals surface area contributed by atoms with Crippen LogP contribution in [0.1, 0.15) is 16.8 Å². The molecule has 18 heavy (non-hydrogen) atoms. The molecule has 2 rings (SSSR count). The standard InChI is InChI=1S/C14H14Cl2N2/c1-10-3-2-6-18-14(10)9-17-8-11-4-5-12(15)13(16)7-11/h2-7,17H,8-9H2,1H3. The summed E-state index contributed by atoms with van der Waals surface area (Å²) in [6.45, 7) is 3.54. The molecular formula is C14H14Cl2N2. The summed E-state index contributed by atoms with van der Waals surface area (Å²) < 4.78 is 0. The van der Waals surface area contributed by atoms with E-state index >= 15 is 0 Å². The van der Waals surface area contributed by atoms with E-state index in [1.165, 1.54) is 5.56 Å². The van der Waals surface area contributed by atoms with Gasteiger partial charge in [-0.3, -0.25) is 4.98 Å². The predicted octanol–water partition coefficient (Wildman–Crippen LogP) is 3.99. The Hall–Kier alpha value is -1.09. The summed E-state index contributed by atoms with van der Waals surface area (Å²) in [5.74, 6) is 0. The van der Waals surface area contributed by atoms with Gasteiger partial charge in [-0.25, -0.2) is 0 Å². The smallest absolute Gasteiger partial charge is 0.0595 e. The Bertz CT molecular complexity index is 541. The summed E-state index contributed by atoms with van der Waals surface area (Å²) in [7, 11) is 0. The van der Waals surface area contributed by atoms with Crippen molar-refractivity contribution in [1.29, 1.82) is 0 Å². The first-order chi connectivity index (χ1) is 8.66. The van der Waals surface area contributed by atoms with Gasteiger partial charge in [0.15, 0.2) is 0 Å². The van der Waals surface area contributed by atoms with Crippen LogP contribution in [0.5, 0.6) is 0 Å². The van der Waals surface area contributed by atoms with E-state index in [2.05, 4.69) is 23.3 Å². The Morgan fingerprint density at radius 2 is 1.94 bits per heavy atom. The first kappa shape index (κ1) is 13.3. The van der Waals surface area contributed by atoms with E-state index in [4.69, 9.17) is 23.2 Å². The molecule has 2 nitrogen and oxygen atoms in total. The molecule has 4 heteroatoms. The van der Waals surface area contributed by atoms with Crippen LogP contribution in [0, 0.1) is 6.92 Å². The lowest BCUT2D eigenvalue weighted by Gasteiger charge is -2.07. The van der Waals surface area contributed by atoms with Crippen LogP contribution in [0.15, 0.2) is 36.5 Å². The first-order valence-electron chi connectivity index (χ1n) is 5.72. The van der Waals surface area contributed by atoms with Gasteiger partial charge in [0.2, 0.25) is 0 Å². The molecule has 1 aromatic heterocycles. The van der Waals surface area contributed by atoms with Crippen LogP contribution in [0.4, 0.5) is 0 Å². The van der Waals surface area contributed by atoms with Gasteiger partial charge in [0.1, 0.15) is 0 Å². The van der Waals surface area contributed by atoms with Gasteiger partial charge >= 0.3 is 0 Å². The number of hydrogen-bond acceptors (Lipinski definition) is 2. The van der Waals surface area contributed by atoms with Gasteiger partial charge in [-0.15, -0.1) is 0 Å². The average molecular weight is 281 g/mol. The van der Waals surface area contributed by atoms with Crippen molar-refractivity contribution >= 4 is 23.2 Å². The van der Waals surface area contributed by atoms with Crippen LogP contribution in [-0.2, 0) is 13.1 Å². The Kier molecular flexibility index (Phi) is 4.59. The molecule has 94 valence electrons. The van der Waals surface area contributed by atoms with Crippen LogP contribution >= 0.6 is 23.2 Å². The summed E-state index contributed by atoms with van der Waals surface area (Å²) in [4.78, 5) is 4.33. The van der Waals surface area contributed by atoms with E-state index < -0.39 is 0 Å². The van der Waals surface area contributed by atoms with Crippen molar-refractivity contribution in [2.75, 3.05) is 0 Å². The fourth-order valence-electron chi connectivity index (χ4n) is 1.68. The largest absolute Gasteiger partial charge is 0.307 e. The topological polar surface area (TPSA) is 24.9 Å². The number of nitrogens with one attached hydrogen (secondary N) is 1. The van der Waals surface area contributed by atoms with Crippen molar-refractivity contribution < 1.29 is 0 Å². The lowest BCUT2D eigenvalue weighted by molar-refractivity contribution is 0.676. The summed E-state index contributed by atoms with van der Waals surface area (Å²) in [6, 6.07) is 9.66. The van der Waals surface area contributed by atoms with Crippen LogP contribution < -0.4 is 5.32 Å². The van der Waals surface area contributed by atoms with Crippen LogP contribution in [0.2, 0.25) is 10.0 Å². The number of nitrogens with zero attached hydrogens (tertiary/aromatic N) is 1. The first-order valence-corrected chi connectivity index (χ1v) is 6.47. The minimum absolute atomic E-state index is 0.584. The van der Waals surface area contributed by atoms with Crippen LogP contribution in [0.3, 0.4) is 0 Å². The molecule has 0 fully saturated rings. The minimum atomic E-state index is 0.584. The zero-order valence-corrected chi connectivity index (χ0v) is 11.6. The molecule has 0 amide bonds. The molecule has 2 aromatic rings. The zero-order chi connectivity index (χ0) is 13.0. The number of halogens is 2. The van der Waals surface area contributed by atoms with Crippen molar-refractivity contribution in [3.05, 3.63) is 63.4 Å². The Morgan fingerprint density at radius 1 is 1.11 bits per heavy atom. The number of rotatable bonds is 4. The lowest BCUT2D eigenvalue weighted by Crippen LogP contribution is -2.14. The fraction of sp³-hybridized carbons (Fsp3) is 0.214. The molecule has 0 saturated heterocycles. The zero-order valence-electron chi connectivity index (χ0n) is 10.1. The molecule has 0 spiro atoms. The third kappa shape index (κ3) is 3.45. The number of pyridine rings is 1. The maximum absolute atomic E-state index is 5.96. The maximum Gasteiger partial charge on any atom is 0.0595 e. The van der Waals surface area contributed by atoms with E-state index in [9.17, 15) is 0 Å². The van der Waals surface area contributed by atoms with Crippen molar-refractivity contribution in [2.45, 2.75) is 20.0 Å². The third-order valence-corrected chi connectivity index (χ3v) is 3.46. The monoisotopic (exact) mass is 280 g/mol. The number of aryl methyl sites for hydroxylation is 1. The van der Waals surface area contributed by atoms with E-state index in [1.807, 2.05) is 30.5 Å². The van der Waals surface area contributed by atoms with Crippen molar-refractivity contribution in [1.82, 2.24) is 10.3 Å². The SMILES string of the molecule is Cc1cccnc1CNCc1ccc(Cl)c(Cl)c1. The molecule has 0 unspecified atom stereocenters. The second-order valence-corrected chi connectivity index (χ2v) is 4.93. The average Bonchev–Trinajstić information content (AvgIpc) is 2.36. The minimum Gasteiger partial charge on any atom is -0.307 e. The molecule has 0 radical (unpaired) electrons. The highest BCUT2D eigenvalue weighted by Crippen LogP contribution is 2.22. The van der Waals surface area contributed by atoms with Crippen molar-refractivity contribution in [3.63, 3.8) is 0 Å². The second-order valence-electron chi connectivity index (χ2n) is 4.12. The van der Waals surface area contributed by atoms with E-state index in [1.54, 1.807) is 0 Å². The van der Waals surface area contributed by atoms with Gasteiger partial charge in [0.05, 0.1) is 15.7 Å². The molecule has 0 bridgehead atoms. The van der Waals surface area contributed by atoms with Gasteiger partial charge in [-0.1, -0.05) is 35.3 Å². The van der Waals surface area contributed by atoms with E-state index in [0.717, 1.165) is 24.3 Å². The molecule has 0 aliphatic rings. The Morgan fingerprint density at radius 3 is 2.67 bits per heavy atom. The molecule has 0 aliphatic heterocycles. The van der Waals surface area contributed by atoms with Crippen molar-refractivity contribution in [3.8, 4) is 0 Å². The van der Waals surface area contributed by atoms with Gasteiger partial charge in [-0.2, -0.15) is 0 Å². The predicted molar refractivity (Wildman–Crippen MR) is 76.0 cm³/mol. The van der Waals surface area contributed by atoms with Gasteiger partial charge in [-0.05, 0) is 36.2 Å². The summed E-state index contributed by atoms with van der Waals surface area (Å²) in [5, 5.41) is 4.51. The normalized spacial score (nSPS) is 10.6. The maximum atomic E-state index is 5.96. The molecule has 1 N–H and O–H groups in total. The molecular weight excluding hydrogens is 267 g/mol. The van der Waals surface area contributed by atoms with E-state index in [-0.39, 0.29) is 0 Å². The highest BCUT2D eigenvalue weighted by atomic mass is 35.5.